The van der Waals surface area contributed by atoms with Gasteiger partial charge in [0.2, 0.25) is 12.0 Å². The minimum absolute atomic E-state index is 0.149. The fourth-order valence-corrected chi connectivity index (χ4v) is 2.44. The van der Waals surface area contributed by atoms with Crippen LogP contribution in [0.4, 0.5) is 5.69 Å². The number of rotatable bonds is 5. The van der Waals surface area contributed by atoms with Gasteiger partial charge in [-0.1, -0.05) is 51.4 Å². The molecule has 0 bridgehead atoms. The van der Waals surface area contributed by atoms with Gasteiger partial charge in [-0.2, -0.15) is 0 Å². The van der Waals surface area contributed by atoms with E-state index in [-0.39, 0.29) is 11.6 Å². The van der Waals surface area contributed by atoms with E-state index < -0.39 is 12.0 Å². The minimum atomic E-state index is -0.905. The zero-order chi connectivity index (χ0) is 18.5. The Balaban J connectivity index is 1.64. The van der Waals surface area contributed by atoms with Gasteiger partial charge in [-0.25, -0.2) is 0 Å². The van der Waals surface area contributed by atoms with Crippen molar-refractivity contribution in [2.24, 2.45) is 15.4 Å². The van der Waals surface area contributed by atoms with E-state index in [0.717, 1.165) is 10.0 Å². The molecule has 1 unspecified atom stereocenters. The number of oxime groups is 1. The maximum Gasteiger partial charge on any atom is 0.307 e. The van der Waals surface area contributed by atoms with Gasteiger partial charge in [0.15, 0.2) is 5.69 Å². The van der Waals surface area contributed by atoms with E-state index in [4.69, 9.17) is 4.84 Å². The van der Waals surface area contributed by atoms with Gasteiger partial charge in [-0.3, -0.25) is 4.79 Å². The number of fused-ring (bicyclic) bond motifs is 1. The highest BCUT2D eigenvalue weighted by molar-refractivity contribution is 9.10. The van der Waals surface area contributed by atoms with Crippen molar-refractivity contribution in [2.75, 3.05) is 0 Å². The van der Waals surface area contributed by atoms with E-state index in [1.165, 1.54) is 13.1 Å². The molecule has 0 radical (unpaired) electrons. The summed E-state index contributed by atoms with van der Waals surface area (Å²) >= 11 is 3.35. The molecule has 0 aliphatic carbocycles. The Morgan fingerprint density at radius 1 is 1.23 bits per heavy atom. The van der Waals surface area contributed by atoms with Crippen LogP contribution in [0.3, 0.4) is 0 Å². The first kappa shape index (κ1) is 17.8. The Kier molecular flexibility index (Phi) is 5.43. The first-order valence-electron chi connectivity index (χ1n) is 7.74. The molecule has 8 heteroatoms. The van der Waals surface area contributed by atoms with Crippen molar-refractivity contribution < 1.29 is 14.7 Å². The average molecular weight is 415 g/mol. The van der Waals surface area contributed by atoms with Crippen LogP contribution >= 0.6 is 15.9 Å². The molecule has 2 N–H and O–H groups in total. The lowest BCUT2D eigenvalue weighted by Gasteiger charge is -2.03. The summed E-state index contributed by atoms with van der Waals surface area (Å²) in [5, 5.41) is 21.8. The first-order chi connectivity index (χ1) is 12.5. The fraction of sp³-hybridized carbons (Fsp3) is 0.111. The molecular weight excluding hydrogens is 400 g/mol. The number of azo groups is 1. The third-order valence-electron chi connectivity index (χ3n) is 3.55. The van der Waals surface area contributed by atoms with E-state index in [9.17, 15) is 9.90 Å². The SMILES string of the molecule is CC(O/N=C\c1ccc(Br)cc1)C(=O)N=Nc1c(O)[nH]c2ccccc12. The van der Waals surface area contributed by atoms with Crippen molar-refractivity contribution in [3.05, 3.63) is 58.6 Å². The minimum Gasteiger partial charge on any atom is -0.493 e. The molecular formula is C18H15BrN4O3. The summed E-state index contributed by atoms with van der Waals surface area (Å²) in [5.41, 5.74) is 1.74. The lowest BCUT2D eigenvalue weighted by atomic mass is 10.2. The van der Waals surface area contributed by atoms with Gasteiger partial charge in [-0.15, -0.1) is 10.2 Å². The molecule has 0 spiro atoms. The molecule has 0 saturated heterocycles. The van der Waals surface area contributed by atoms with Crippen molar-refractivity contribution in [1.82, 2.24) is 4.98 Å². The van der Waals surface area contributed by atoms with Crippen LogP contribution in [0, 0.1) is 0 Å². The monoisotopic (exact) mass is 414 g/mol. The highest BCUT2D eigenvalue weighted by Gasteiger charge is 2.15. The molecule has 1 heterocycles. The Morgan fingerprint density at radius 3 is 2.73 bits per heavy atom. The summed E-state index contributed by atoms with van der Waals surface area (Å²) in [6.45, 7) is 1.52. The largest absolute Gasteiger partial charge is 0.493 e. The van der Waals surface area contributed by atoms with Gasteiger partial charge in [0.1, 0.15) is 0 Å². The number of aromatic hydroxyl groups is 1. The number of para-hydroxylation sites is 1. The van der Waals surface area contributed by atoms with Crippen molar-refractivity contribution in [3.8, 4) is 5.88 Å². The van der Waals surface area contributed by atoms with Crippen molar-refractivity contribution in [2.45, 2.75) is 13.0 Å². The van der Waals surface area contributed by atoms with E-state index >= 15 is 0 Å². The number of H-pyrrole nitrogens is 1. The number of nitrogens with zero attached hydrogens (tertiary/aromatic N) is 3. The molecule has 1 amide bonds. The fourth-order valence-electron chi connectivity index (χ4n) is 2.17. The molecule has 0 aliphatic rings. The Hall–Kier alpha value is -3.00. The van der Waals surface area contributed by atoms with E-state index in [1.807, 2.05) is 30.3 Å². The number of amides is 1. The van der Waals surface area contributed by atoms with Gasteiger partial charge in [0.25, 0.3) is 0 Å². The highest BCUT2D eigenvalue weighted by Crippen LogP contribution is 2.35. The Bertz CT molecular complexity index is 980. The molecule has 3 rings (SSSR count). The molecule has 1 aromatic heterocycles. The predicted molar refractivity (Wildman–Crippen MR) is 102 cm³/mol. The Morgan fingerprint density at radius 2 is 1.96 bits per heavy atom. The maximum absolute atomic E-state index is 12.0. The van der Waals surface area contributed by atoms with Gasteiger partial charge in [0.05, 0.1) is 11.7 Å². The van der Waals surface area contributed by atoms with E-state index in [2.05, 4.69) is 36.3 Å². The van der Waals surface area contributed by atoms with Gasteiger partial charge in [-0.05, 0) is 30.7 Å². The summed E-state index contributed by atoms with van der Waals surface area (Å²) in [7, 11) is 0. The highest BCUT2D eigenvalue weighted by atomic mass is 79.9. The number of carbonyl (C=O) groups is 1. The van der Waals surface area contributed by atoms with Crippen LogP contribution in [0.2, 0.25) is 0 Å². The van der Waals surface area contributed by atoms with Gasteiger partial charge >= 0.3 is 5.91 Å². The number of aromatic amines is 1. The maximum atomic E-state index is 12.0. The third-order valence-corrected chi connectivity index (χ3v) is 4.08. The zero-order valence-corrected chi connectivity index (χ0v) is 15.3. The standard InChI is InChI=1S/C18H15BrN4O3/c1-11(26-20-10-12-6-8-13(19)9-7-12)17(24)23-22-16-14-4-2-3-5-15(14)21-18(16)25/h2-11,21,25H,1H3/b20-10-,23-22?. The lowest BCUT2D eigenvalue weighted by molar-refractivity contribution is -0.128. The molecule has 2 aromatic carbocycles. The second-order valence-electron chi connectivity index (χ2n) is 5.44. The molecule has 7 nitrogen and oxygen atoms in total. The molecule has 1 atom stereocenters. The number of aromatic nitrogens is 1. The summed E-state index contributed by atoms with van der Waals surface area (Å²) in [5.74, 6) is -0.757. The third kappa shape index (κ3) is 4.15. The van der Waals surface area contributed by atoms with Crippen LogP contribution < -0.4 is 0 Å². The summed E-state index contributed by atoms with van der Waals surface area (Å²) in [6, 6.07) is 14.6. The van der Waals surface area contributed by atoms with Crippen LogP contribution in [-0.2, 0) is 9.63 Å². The molecule has 3 aromatic rings. The van der Waals surface area contributed by atoms with Gasteiger partial charge < -0.3 is 14.9 Å². The zero-order valence-electron chi connectivity index (χ0n) is 13.8. The van der Waals surface area contributed by atoms with Crippen molar-refractivity contribution in [3.63, 3.8) is 0 Å². The van der Waals surface area contributed by atoms with Crippen LogP contribution in [0.1, 0.15) is 12.5 Å². The number of hydrogen-bond acceptors (Lipinski definition) is 5. The van der Waals surface area contributed by atoms with Crippen molar-refractivity contribution in [1.29, 1.82) is 0 Å². The van der Waals surface area contributed by atoms with Crippen LogP contribution in [0.5, 0.6) is 5.88 Å². The molecule has 0 fully saturated rings. The molecule has 0 saturated carbocycles. The Labute approximate surface area is 157 Å². The molecule has 132 valence electrons. The van der Waals surface area contributed by atoms with Gasteiger partial charge in [0, 0.05) is 9.86 Å². The summed E-state index contributed by atoms with van der Waals surface area (Å²) in [4.78, 5) is 19.9. The van der Waals surface area contributed by atoms with Crippen molar-refractivity contribution >= 4 is 44.6 Å². The number of nitrogens with one attached hydrogen (secondary N) is 1. The molecule has 0 aliphatic heterocycles. The number of halogens is 1. The number of benzene rings is 2. The topological polar surface area (TPSA) is 99.4 Å². The normalized spacial score (nSPS) is 12.8. The second kappa shape index (κ2) is 7.92. The lowest BCUT2D eigenvalue weighted by Crippen LogP contribution is -2.15. The van der Waals surface area contributed by atoms with Crippen LogP contribution in [0.25, 0.3) is 10.9 Å². The predicted octanol–water partition coefficient (Wildman–Crippen LogP) is 4.69. The van der Waals surface area contributed by atoms with Crippen LogP contribution in [-0.4, -0.2) is 28.3 Å². The van der Waals surface area contributed by atoms with E-state index in [0.29, 0.717) is 10.9 Å². The number of carbonyl (C=O) groups excluding carboxylic acids is 1. The molecule has 26 heavy (non-hydrogen) atoms. The summed E-state index contributed by atoms with van der Waals surface area (Å²) < 4.78 is 0.958. The average Bonchev–Trinajstić information content (AvgIpc) is 2.96. The van der Waals surface area contributed by atoms with E-state index in [1.54, 1.807) is 18.2 Å². The second-order valence-corrected chi connectivity index (χ2v) is 6.36. The first-order valence-corrected chi connectivity index (χ1v) is 8.54. The quantitative estimate of drug-likeness (QED) is 0.359. The smallest absolute Gasteiger partial charge is 0.307 e. The number of hydrogen-bond donors (Lipinski definition) is 2. The van der Waals surface area contributed by atoms with Crippen LogP contribution in [0.15, 0.2) is 68.4 Å². The summed E-state index contributed by atoms with van der Waals surface area (Å²) in [6.07, 6.45) is 0.594.